The first-order valence-corrected chi connectivity index (χ1v) is 17.8. The third-order valence-electron chi connectivity index (χ3n) is 9.87. The average molecular weight is 671 g/mol. The molecule has 11 rings (SSSR count). The van der Waals surface area contributed by atoms with Crippen LogP contribution in [-0.4, -0.2) is 19.5 Å². The molecule has 0 atom stereocenters. The summed E-state index contributed by atoms with van der Waals surface area (Å²) >= 11 is 1.79. The molecule has 0 amide bonds. The summed E-state index contributed by atoms with van der Waals surface area (Å²) < 4.78 is 11.4. The third kappa shape index (κ3) is 4.24. The predicted octanol–water partition coefficient (Wildman–Crippen LogP) is 12.2. The first kappa shape index (κ1) is 28.2. The number of benzene rings is 7. The molecule has 0 spiro atoms. The summed E-state index contributed by atoms with van der Waals surface area (Å²) in [5.41, 5.74) is 7.73. The van der Waals surface area contributed by atoms with E-state index in [9.17, 15) is 0 Å². The van der Waals surface area contributed by atoms with Gasteiger partial charge in [-0.25, -0.2) is 15.0 Å². The lowest BCUT2D eigenvalue weighted by Gasteiger charge is -2.12. The molecule has 0 bridgehead atoms. The summed E-state index contributed by atoms with van der Waals surface area (Å²) in [5, 5.41) is 6.78. The van der Waals surface area contributed by atoms with Crippen LogP contribution in [0, 0.1) is 0 Å². The lowest BCUT2D eigenvalue weighted by molar-refractivity contribution is 0.669. The number of furan rings is 1. The van der Waals surface area contributed by atoms with Gasteiger partial charge in [-0.2, -0.15) is 0 Å². The number of hydrogen-bond acceptors (Lipinski definition) is 5. The van der Waals surface area contributed by atoms with Crippen molar-refractivity contribution in [2.24, 2.45) is 0 Å². The van der Waals surface area contributed by atoms with Crippen molar-refractivity contribution in [2.75, 3.05) is 0 Å². The predicted molar refractivity (Wildman–Crippen MR) is 211 cm³/mol. The van der Waals surface area contributed by atoms with Crippen molar-refractivity contribution in [2.45, 2.75) is 0 Å². The largest absolute Gasteiger partial charge is 0.456 e. The van der Waals surface area contributed by atoms with Gasteiger partial charge in [-0.05, 0) is 42.5 Å². The standard InChI is InChI=1S/C45H26N4OS/c1-2-13-27(14-3-1)43-46-44(31-19-11-26-39-40(31)30-17-6-9-25-38(30)51-39)48-45(47-43)32-18-10-23-36-41(32)42-35(22-12-24-37(42)50-36)49-33-20-7-4-15-28(33)29-16-5-8-21-34(29)49/h1-26H. The maximum Gasteiger partial charge on any atom is 0.164 e. The number of thiophene rings is 1. The molecular weight excluding hydrogens is 645 g/mol. The minimum atomic E-state index is 0.598. The molecule has 4 heterocycles. The van der Waals surface area contributed by atoms with E-state index in [4.69, 9.17) is 19.4 Å². The van der Waals surface area contributed by atoms with Gasteiger partial charge in [-0.1, -0.05) is 115 Å². The highest BCUT2D eigenvalue weighted by atomic mass is 32.1. The van der Waals surface area contributed by atoms with Crippen LogP contribution in [0.1, 0.15) is 0 Å². The van der Waals surface area contributed by atoms with Crippen LogP contribution in [0.3, 0.4) is 0 Å². The van der Waals surface area contributed by atoms with Crippen molar-refractivity contribution in [1.29, 1.82) is 0 Å². The van der Waals surface area contributed by atoms with Gasteiger partial charge in [0.15, 0.2) is 17.5 Å². The van der Waals surface area contributed by atoms with E-state index in [-0.39, 0.29) is 0 Å². The van der Waals surface area contributed by atoms with Crippen LogP contribution in [0.4, 0.5) is 0 Å². The van der Waals surface area contributed by atoms with Crippen LogP contribution >= 0.6 is 11.3 Å². The SMILES string of the molecule is c1ccc(-c2nc(-c3cccc4sc5ccccc5c34)nc(-c3cccc4oc5cccc(-n6c7ccccc7c7ccccc76)c5c34)n2)cc1. The fraction of sp³-hybridized carbons (Fsp3) is 0. The first-order chi connectivity index (χ1) is 25.3. The van der Waals surface area contributed by atoms with Crippen molar-refractivity contribution < 1.29 is 4.42 Å². The van der Waals surface area contributed by atoms with Crippen molar-refractivity contribution >= 4 is 75.3 Å². The van der Waals surface area contributed by atoms with E-state index in [1.54, 1.807) is 11.3 Å². The van der Waals surface area contributed by atoms with Crippen molar-refractivity contribution in [3.05, 3.63) is 158 Å². The molecule has 0 N–H and O–H groups in total. The molecule has 0 aliphatic heterocycles. The highest BCUT2D eigenvalue weighted by Gasteiger charge is 2.22. The normalized spacial score (nSPS) is 11.9. The van der Waals surface area contributed by atoms with E-state index >= 15 is 0 Å². The second kappa shape index (κ2) is 10.9. The van der Waals surface area contributed by atoms with Crippen LogP contribution in [0.5, 0.6) is 0 Å². The van der Waals surface area contributed by atoms with Crippen LogP contribution < -0.4 is 0 Å². The third-order valence-corrected chi connectivity index (χ3v) is 11.0. The molecule has 5 nitrogen and oxygen atoms in total. The molecule has 0 aliphatic rings. The zero-order valence-electron chi connectivity index (χ0n) is 27.1. The van der Waals surface area contributed by atoms with Crippen LogP contribution in [0.15, 0.2) is 162 Å². The Morgan fingerprint density at radius 2 is 0.961 bits per heavy atom. The molecule has 238 valence electrons. The molecule has 0 aliphatic carbocycles. The first-order valence-electron chi connectivity index (χ1n) is 17.0. The molecule has 0 saturated carbocycles. The summed E-state index contributed by atoms with van der Waals surface area (Å²) in [6, 6.07) is 54.8. The number of fused-ring (bicyclic) bond motifs is 9. The van der Waals surface area contributed by atoms with E-state index < -0.39 is 0 Å². The van der Waals surface area contributed by atoms with Crippen molar-refractivity contribution in [1.82, 2.24) is 19.5 Å². The van der Waals surface area contributed by atoms with E-state index in [0.29, 0.717) is 17.5 Å². The summed E-state index contributed by atoms with van der Waals surface area (Å²) in [6.07, 6.45) is 0. The Morgan fingerprint density at radius 1 is 0.412 bits per heavy atom. The van der Waals surface area contributed by atoms with Crippen molar-refractivity contribution in [3.8, 4) is 39.9 Å². The molecule has 0 saturated heterocycles. The van der Waals surface area contributed by atoms with Gasteiger partial charge < -0.3 is 8.98 Å². The number of rotatable bonds is 4. The second-order valence-corrected chi connectivity index (χ2v) is 13.8. The topological polar surface area (TPSA) is 56.7 Å². The molecule has 0 fully saturated rings. The monoisotopic (exact) mass is 670 g/mol. The van der Waals surface area contributed by atoms with E-state index in [1.165, 1.54) is 25.6 Å². The Morgan fingerprint density at radius 3 is 1.71 bits per heavy atom. The summed E-state index contributed by atoms with van der Waals surface area (Å²) in [6.45, 7) is 0. The van der Waals surface area contributed by atoms with Gasteiger partial charge in [0.2, 0.25) is 0 Å². The average Bonchev–Trinajstić information content (AvgIpc) is 3.88. The van der Waals surface area contributed by atoms with Gasteiger partial charge in [-0.15, -0.1) is 11.3 Å². The summed E-state index contributed by atoms with van der Waals surface area (Å²) in [4.78, 5) is 15.6. The number of para-hydroxylation sites is 2. The minimum Gasteiger partial charge on any atom is -0.456 e. The van der Waals surface area contributed by atoms with E-state index in [2.05, 4.69) is 126 Å². The van der Waals surface area contributed by atoms with Gasteiger partial charge in [0.05, 0.1) is 22.1 Å². The maximum absolute atomic E-state index is 6.62. The number of aromatic nitrogens is 4. The Hall–Kier alpha value is -6.63. The van der Waals surface area contributed by atoms with Gasteiger partial charge >= 0.3 is 0 Å². The van der Waals surface area contributed by atoms with Gasteiger partial charge in [0.25, 0.3) is 0 Å². The lowest BCUT2D eigenvalue weighted by Crippen LogP contribution is -2.01. The molecule has 11 aromatic rings. The molecule has 4 aromatic heterocycles. The smallest absolute Gasteiger partial charge is 0.164 e. The summed E-state index contributed by atoms with van der Waals surface area (Å²) in [7, 11) is 0. The zero-order valence-corrected chi connectivity index (χ0v) is 27.9. The van der Waals surface area contributed by atoms with Crippen LogP contribution in [0.25, 0.3) is 104 Å². The fourth-order valence-electron chi connectivity index (χ4n) is 7.70. The molecular formula is C45H26N4OS. The fourth-order valence-corrected chi connectivity index (χ4v) is 8.83. The maximum atomic E-state index is 6.62. The Labute approximate surface area is 295 Å². The lowest BCUT2D eigenvalue weighted by atomic mass is 10.0. The zero-order chi connectivity index (χ0) is 33.5. The molecule has 7 aromatic carbocycles. The van der Waals surface area contributed by atoms with Crippen LogP contribution in [-0.2, 0) is 0 Å². The van der Waals surface area contributed by atoms with E-state index in [0.717, 1.165) is 60.7 Å². The Balaban J connectivity index is 1.23. The van der Waals surface area contributed by atoms with Gasteiger partial charge in [0.1, 0.15) is 11.2 Å². The molecule has 0 unspecified atom stereocenters. The molecule has 6 heteroatoms. The molecule has 51 heavy (non-hydrogen) atoms. The molecule has 0 radical (unpaired) electrons. The van der Waals surface area contributed by atoms with Gasteiger partial charge in [0, 0.05) is 53.0 Å². The Bertz CT molecular complexity index is 3100. The summed E-state index contributed by atoms with van der Waals surface area (Å²) in [5.74, 6) is 1.86. The van der Waals surface area contributed by atoms with E-state index in [1.807, 2.05) is 36.4 Å². The minimum absolute atomic E-state index is 0.598. The Kier molecular flexibility index (Phi) is 6.05. The number of hydrogen-bond donors (Lipinski definition) is 0. The second-order valence-electron chi connectivity index (χ2n) is 12.7. The van der Waals surface area contributed by atoms with Gasteiger partial charge in [-0.3, -0.25) is 0 Å². The van der Waals surface area contributed by atoms with Crippen LogP contribution in [0.2, 0.25) is 0 Å². The number of nitrogens with zero attached hydrogens (tertiary/aromatic N) is 4. The highest BCUT2D eigenvalue weighted by molar-refractivity contribution is 7.25. The highest BCUT2D eigenvalue weighted by Crippen LogP contribution is 2.43. The quantitative estimate of drug-likeness (QED) is 0.187. The van der Waals surface area contributed by atoms with Crippen molar-refractivity contribution in [3.63, 3.8) is 0 Å².